The van der Waals surface area contributed by atoms with Gasteiger partial charge in [-0.15, -0.1) is 6.20 Å². The van der Waals surface area contributed by atoms with Crippen LogP contribution in [0, 0.1) is 6.20 Å². The zero-order chi connectivity index (χ0) is 3.54. The van der Waals surface area contributed by atoms with E-state index < -0.39 is 0 Å². The van der Waals surface area contributed by atoms with E-state index in [2.05, 4.69) is 21.6 Å². The number of hydrogen-bond donors (Lipinski definition) is 1. The van der Waals surface area contributed by atoms with E-state index in [0.29, 0.717) is 0 Å². The van der Waals surface area contributed by atoms with E-state index in [1.165, 1.54) is 6.20 Å². The van der Waals surface area contributed by atoms with Crippen LogP contribution in [0.3, 0.4) is 0 Å². The molecule has 0 spiro atoms. The second kappa shape index (κ2) is 4.11. The molecule has 4 heteroatoms. The molecule has 0 saturated carbocycles. The third-order valence-electron chi connectivity index (χ3n) is 0.295. The fourth-order valence-corrected chi connectivity index (χ4v) is 0.144. The average molecular weight is 154 g/mol. The molecule has 1 aromatic heterocycles. The van der Waals surface area contributed by atoms with E-state index in [9.17, 15) is 0 Å². The third kappa shape index (κ3) is 2.18. The quantitative estimate of drug-likeness (QED) is 0.395. The van der Waals surface area contributed by atoms with Gasteiger partial charge in [0.2, 0.25) is 0 Å². The van der Waals surface area contributed by atoms with Gasteiger partial charge in [0.15, 0.2) is 0 Å². The van der Waals surface area contributed by atoms with Crippen molar-refractivity contribution in [1.82, 2.24) is 15.4 Å². The first-order valence-electron chi connectivity index (χ1n) is 1.22. The zero-order valence-corrected chi connectivity index (χ0v) is 8.39. The van der Waals surface area contributed by atoms with Gasteiger partial charge in [0.1, 0.15) is 0 Å². The molecule has 0 bridgehead atoms. The molecule has 1 heterocycles. The number of aromatic amines is 1. The second-order valence-electron chi connectivity index (χ2n) is 0.599. The molecular weight excluding hydrogens is 152 g/mol. The van der Waals surface area contributed by atoms with E-state index in [1.807, 2.05) is 0 Å². The van der Waals surface area contributed by atoms with E-state index in [4.69, 9.17) is 0 Å². The monoisotopic (exact) mass is 153 g/mol. The number of nitrogens with one attached hydrogen (secondary N) is 1. The van der Waals surface area contributed by atoms with Crippen molar-refractivity contribution in [3.8, 4) is 0 Å². The van der Waals surface area contributed by atoms with E-state index in [1.54, 1.807) is 0 Å². The molecule has 0 aromatic carbocycles. The summed E-state index contributed by atoms with van der Waals surface area (Å²) in [5.74, 6) is 0. The molecule has 0 radical (unpaired) electrons. The van der Waals surface area contributed by atoms with E-state index in [0.717, 1.165) is 0 Å². The summed E-state index contributed by atoms with van der Waals surface area (Å²) >= 11 is 0. The first kappa shape index (κ1) is 6.95. The molecule has 1 N–H and O–H groups in total. The Bertz CT molecular complexity index is 65.3. The smallest absolute Gasteiger partial charge is 0.377 e. The number of H-pyrrole nitrogens is 1. The van der Waals surface area contributed by atoms with Gasteiger partial charge in [-0.3, -0.25) is 0 Å². The van der Waals surface area contributed by atoms with Crippen molar-refractivity contribution >= 4 is 0 Å². The van der Waals surface area contributed by atoms with Crippen LogP contribution in [0.25, 0.3) is 0 Å². The molecule has 0 amide bonds. The fourth-order valence-electron chi connectivity index (χ4n) is 0.144. The maximum Gasteiger partial charge on any atom is 1.00 e. The molecular formula is C2H2N3Rb. The Morgan fingerprint density at radius 2 is 2.50 bits per heavy atom. The molecule has 0 atom stereocenters. The Morgan fingerprint density at radius 1 is 1.67 bits per heavy atom. The number of nitrogens with zero attached hydrogens (tertiary/aromatic N) is 2. The van der Waals surface area contributed by atoms with Crippen molar-refractivity contribution in [3.05, 3.63) is 12.4 Å². The van der Waals surface area contributed by atoms with Crippen LogP contribution in [0.15, 0.2) is 6.20 Å². The summed E-state index contributed by atoms with van der Waals surface area (Å²) in [4.78, 5) is 0. The first-order valence-corrected chi connectivity index (χ1v) is 1.22. The van der Waals surface area contributed by atoms with Crippen molar-refractivity contribution in [2.45, 2.75) is 0 Å². The normalized spacial score (nSPS) is 6.67. The predicted octanol–water partition coefficient (Wildman–Crippen LogP) is -3.39. The molecule has 1 aromatic rings. The maximum atomic E-state index is 3.43. The average Bonchev–Trinajstić information content (AvgIpc) is 1.76. The summed E-state index contributed by atoms with van der Waals surface area (Å²) in [5.41, 5.74) is 0. The predicted molar refractivity (Wildman–Crippen MR) is 15.2 cm³/mol. The SMILES string of the molecule is [Rb+].[c-]1cn[nH]n1. The second-order valence-corrected chi connectivity index (χ2v) is 0.599. The van der Waals surface area contributed by atoms with Crippen LogP contribution in [0.4, 0.5) is 0 Å². The van der Waals surface area contributed by atoms with Crippen LogP contribution in [0.1, 0.15) is 0 Å². The van der Waals surface area contributed by atoms with Crippen molar-refractivity contribution in [2.75, 3.05) is 0 Å². The maximum absolute atomic E-state index is 3.43. The number of aromatic nitrogens is 3. The van der Waals surface area contributed by atoms with Gasteiger partial charge >= 0.3 is 58.2 Å². The third-order valence-corrected chi connectivity index (χ3v) is 0.295. The molecule has 3 nitrogen and oxygen atoms in total. The van der Waals surface area contributed by atoms with Crippen LogP contribution in [0.2, 0.25) is 0 Å². The van der Waals surface area contributed by atoms with Crippen molar-refractivity contribution in [2.24, 2.45) is 0 Å². The molecule has 0 aliphatic carbocycles. The summed E-state index contributed by atoms with van der Waals surface area (Å²) in [5, 5.41) is 9.10. The first-order chi connectivity index (χ1) is 2.50. The molecule has 26 valence electrons. The van der Waals surface area contributed by atoms with Gasteiger partial charge in [0.25, 0.3) is 0 Å². The Hall–Kier alpha value is 0.945. The summed E-state index contributed by atoms with van der Waals surface area (Å²) < 4.78 is 0. The van der Waals surface area contributed by atoms with E-state index >= 15 is 0 Å². The van der Waals surface area contributed by atoms with Gasteiger partial charge in [0, 0.05) is 0 Å². The summed E-state index contributed by atoms with van der Waals surface area (Å²) in [7, 11) is 0. The molecule has 6 heavy (non-hydrogen) atoms. The van der Waals surface area contributed by atoms with Gasteiger partial charge < -0.3 is 11.3 Å². The Labute approximate surface area is 84.3 Å². The molecule has 0 saturated heterocycles. The van der Waals surface area contributed by atoms with Gasteiger partial charge in [-0.25, -0.2) is 10.3 Å². The van der Waals surface area contributed by atoms with Crippen LogP contribution >= 0.6 is 0 Å². The Kier molecular flexibility index (Phi) is 4.76. The largest absolute Gasteiger partial charge is 1.00 e. The van der Waals surface area contributed by atoms with Gasteiger partial charge in [-0.2, -0.15) is 0 Å². The minimum Gasteiger partial charge on any atom is -0.377 e. The molecule has 0 aliphatic rings. The molecule has 1 rings (SSSR count). The van der Waals surface area contributed by atoms with Crippen molar-refractivity contribution in [3.63, 3.8) is 0 Å². The molecule has 0 aliphatic heterocycles. The van der Waals surface area contributed by atoms with E-state index in [-0.39, 0.29) is 58.2 Å². The van der Waals surface area contributed by atoms with Crippen LogP contribution < -0.4 is 58.2 Å². The van der Waals surface area contributed by atoms with Crippen LogP contribution in [0.5, 0.6) is 0 Å². The van der Waals surface area contributed by atoms with Crippen molar-refractivity contribution < 1.29 is 58.2 Å². The van der Waals surface area contributed by atoms with Gasteiger partial charge in [-0.05, 0) is 0 Å². The Balaban J connectivity index is 0.000000250. The minimum absolute atomic E-state index is 0. The number of hydrogen-bond acceptors (Lipinski definition) is 2. The summed E-state index contributed by atoms with van der Waals surface area (Å²) in [6.07, 6.45) is 3.90. The number of rotatable bonds is 0. The van der Waals surface area contributed by atoms with Crippen LogP contribution in [-0.2, 0) is 0 Å². The topological polar surface area (TPSA) is 41.6 Å². The van der Waals surface area contributed by atoms with Gasteiger partial charge in [0.05, 0.1) is 0 Å². The minimum atomic E-state index is 0. The standard InChI is InChI=1S/C2H2N3.Rb/c1-2-4-5-3-1;/h1H,(H,3,4,5);/q-1;+1. The zero-order valence-electron chi connectivity index (χ0n) is 3.47. The van der Waals surface area contributed by atoms with Crippen molar-refractivity contribution in [1.29, 1.82) is 0 Å². The van der Waals surface area contributed by atoms with Gasteiger partial charge in [-0.1, -0.05) is 0 Å². The molecule has 0 fully saturated rings. The summed E-state index contributed by atoms with van der Waals surface area (Å²) in [6, 6.07) is 0. The fraction of sp³-hybridized carbons (Fsp3) is 0. The Morgan fingerprint density at radius 3 is 2.67 bits per heavy atom. The summed E-state index contributed by atoms with van der Waals surface area (Å²) in [6.45, 7) is 0. The molecule has 0 unspecified atom stereocenters. The van der Waals surface area contributed by atoms with Crippen LogP contribution in [-0.4, -0.2) is 15.4 Å².